The first-order valence-electron chi connectivity index (χ1n) is 8.59. The molecule has 2 heteroatoms. The van der Waals surface area contributed by atoms with Crippen molar-refractivity contribution < 1.29 is 9.53 Å². The quantitative estimate of drug-likeness (QED) is 0.217. The molecule has 20 heavy (non-hydrogen) atoms. The fourth-order valence-corrected chi connectivity index (χ4v) is 2.32. The van der Waals surface area contributed by atoms with Crippen molar-refractivity contribution in [2.75, 3.05) is 0 Å². The van der Waals surface area contributed by atoms with Crippen LogP contribution in [0.2, 0.25) is 0 Å². The summed E-state index contributed by atoms with van der Waals surface area (Å²) < 4.78 is 4.73. The van der Waals surface area contributed by atoms with E-state index < -0.39 is 0 Å². The van der Waals surface area contributed by atoms with Crippen molar-refractivity contribution in [1.29, 1.82) is 0 Å². The first-order chi connectivity index (χ1) is 9.77. The molecule has 0 saturated carbocycles. The van der Waals surface area contributed by atoms with Gasteiger partial charge in [0.05, 0.1) is 6.26 Å². The Bertz CT molecular complexity index is 234. The van der Waals surface area contributed by atoms with E-state index in [9.17, 15) is 4.79 Å². The van der Waals surface area contributed by atoms with Crippen LogP contribution in [0.15, 0.2) is 12.3 Å². The lowest BCUT2D eigenvalue weighted by atomic mass is 10.0. The fraction of sp³-hybridized carbons (Fsp3) is 0.833. The largest absolute Gasteiger partial charge is 0.435 e. The van der Waals surface area contributed by atoms with Gasteiger partial charge in [0.15, 0.2) is 0 Å². The minimum atomic E-state index is -0.240. The summed E-state index contributed by atoms with van der Waals surface area (Å²) in [4.78, 5) is 10.5. The number of ether oxygens (including phenoxy) is 1. The molecule has 0 aromatic heterocycles. The second-order valence-electron chi connectivity index (χ2n) is 5.66. The van der Waals surface area contributed by atoms with Crippen LogP contribution in [0, 0.1) is 0 Å². The molecule has 0 saturated heterocycles. The third-order valence-corrected chi connectivity index (χ3v) is 3.55. The van der Waals surface area contributed by atoms with Gasteiger partial charge in [0, 0.05) is 6.92 Å². The van der Waals surface area contributed by atoms with Crippen LogP contribution in [0.5, 0.6) is 0 Å². The molecule has 0 aromatic rings. The minimum absolute atomic E-state index is 0.240. The Hall–Kier alpha value is -0.790. The van der Waals surface area contributed by atoms with E-state index in [1.165, 1.54) is 90.2 Å². The number of unbranched alkanes of at least 4 members (excludes halogenated alkanes) is 12. The van der Waals surface area contributed by atoms with Crippen LogP contribution in [-0.2, 0) is 9.53 Å². The topological polar surface area (TPSA) is 26.3 Å². The molecule has 2 nitrogen and oxygen atoms in total. The van der Waals surface area contributed by atoms with Gasteiger partial charge in [0.1, 0.15) is 0 Å². The molecule has 0 rings (SSSR count). The maximum atomic E-state index is 10.5. The summed E-state index contributed by atoms with van der Waals surface area (Å²) in [5.74, 6) is -0.240. The zero-order chi connectivity index (χ0) is 14.9. The van der Waals surface area contributed by atoms with Gasteiger partial charge in [0.2, 0.25) is 0 Å². The Morgan fingerprint density at radius 1 is 0.800 bits per heavy atom. The Morgan fingerprint density at radius 2 is 1.25 bits per heavy atom. The zero-order valence-electron chi connectivity index (χ0n) is 13.7. The van der Waals surface area contributed by atoms with E-state index in [4.69, 9.17) is 4.74 Å². The fourth-order valence-electron chi connectivity index (χ4n) is 2.32. The maximum Gasteiger partial charge on any atom is 0.307 e. The molecule has 0 heterocycles. The van der Waals surface area contributed by atoms with Crippen molar-refractivity contribution in [3.8, 4) is 0 Å². The Kier molecular flexibility index (Phi) is 15.6. The van der Waals surface area contributed by atoms with E-state index in [-0.39, 0.29) is 5.97 Å². The molecule has 118 valence electrons. The Morgan fingerprint density at radius 3 is 1.70 bits per heavy atom. The molecule has 0 radical (unpaired) electrons. The molecular formula is C18H34O2. The van der Waals surface area contributed by atoms with E-state index in [1.807, 2.05) is 6.08 Å². The highest BCUT2D eigenvalue weighted by atomic mass is 16.5. The Balaban J connectivity index is 3.02. The van der Waals surface area contributed by atoms with E-state index >= 15 is 0 Å². The molecule has 0 aliphatic carbocycles. The highest BCUT2D eigenvalue weighted by Gasteiger charge is 1.93. The van der Waals surface area contributed by atoms with Crippen molar-refractivity contribution >= 4 is 5.97 Å². The SMILES string of the molecule is CCCCCCCCCCCCCC/C=C\OC(C)=O. The van der Waals surface area contributed by atoms with Gasteiger partial charge in [-0.2, -0.15) is 0 Å². The second kappa shape index (κ2) is 16.3. The van der Waals surface area contributed by atoms with Crippen LogP contribution in [0.3, 0.4) is 0 Å². The van der Waals surface area contributed by atoms with Crippen LogP contribution in [0.1, 0.15) is 97.3 Å². The minimum Gasteiger partial charge on any atom is -0.435 e. The predicted octanol–water partition coefficient (Wildman–Crippen LogP) is 6.15. The molecular weight excluding hydrogens is 248 g/mol. The molecule has 0 amide bonds. The highest BCUT2D eigenvalue weighted by molar-refractivity contribution is 5.66. The molecule has 0 spiro atoms. The summed E-state index contributed by atoms with van der Waals surface area (Å²) in [6.45, 7) is 3.69. The van der Waals surface area contributed by atoms with Gasteiger partial charge in [-0.05, 0) is 18.9 Å². The number of carbonyl (C=O) groups is 1. The summed E-state index contributed by atoms with van der Waals surface area (Å²) in [5.41, 5.74) is 0. The lowest BCUT2D eigenvalue weighted by Gasteiger charge is -2.02. The van der Waals surface area contributed by atoms with Crippen molar-refractivity contribution in [3.05, 3.63) is 12.3 Å². The predicted molar refractivity (Wildman–Crippen MR) is 86.6 cm³/mol. The van der Waals surface area contributed by atoms with Gasteiger partial charge in [-0.25, -0.2) is 0 Å². The van der Waals surface area contributed by atoms with Gasteiger partial charge in [0.25, 0.3) is 0 Å². The van der Waals surface area contributed by atoms with Crippen molar-refractivity contribution in [3.63, 3.8) is 0 Å². The van der Waals surface area contributed by atoms with Crippen molar-refractivity contribution in [1.82, 2.24) is 0 Å². The Labute approximate surface area is 126 Å². The number of esters is 1. The molecule has 0 aliphatic rings. The average molecular weight is 282 g/mol. The van der Waals surface area contributed by atoms with Crippen LogP contribution in [-0.4, -0.2) is 5.97 Å². The number of carbonyl (C=O) groups excluding carboxylic acids is 1. The number of rotatable bonds is 14. The monoisotopic (exact) mass is 282 g/mol. The summed E-state index contributed by atoms with van der Waals surface area (Å²) >= 11 is 0. The lowest BCUT2D eigenvalue weighted by Crippen LogP contribution is -1.89. The molecule has 0 aliphatic heterocycles. The molecule has 0 atom stereocenters. The zero-order valence-corrected chi connectivity index (χ0v) is 13.7. The van der Waals surface area contributed by atoms with Gasteiger partial charge < -0.3 is 4.74 Å². The molecule has 0 aromatic carbocycles. The number of hydrogen-bond donors (Lipinski definition) is 0. The maximum absolute atomic E-state index is 10.5. The van der Waals surface area contributed by atoms with Gasteiger partial charge >= 0.3 is 5.97 Å². The van der Waals surface area contributed by atoms with Crippen molar-refractivity contribution in [2.24, 2.45) is 0 Å². The standard InChI is InChI=1S/C18H34O2/c1-3-4-5-6-7-8-9-10-11-12-13-14-15-16-17-20-18(2)19/h16-17H,3-15H2,1-2H3/b17-16-. The van der Waals surface area contributed by atoms with Crippen LogP contribution >= 0.6 is 0 Å². The first kappa shape index (κ1) is 19.2. The summed E-state index contributed by atoms with van der Waals surface area (Å²) in [5, 5.41) is 0. The van der Waals surface area contributed by atoms with E-state index in [0.29, 0.717) is 0 Å². The van der Waals surface area contributed by atoms with Gasteiger partial charge in [-0.15, -0.1) is 0 Å². The van der Waals surface area contributed by atoms with E-state index in [2.05, 4.69) is 6.92 Å². The highest BCUT2D eigenvalue weighted by Crippen LogP contribution is 2.12. The summed E-state index contributed by atoms with van der Waals surface area (Å²) in [6.07, 6.45) is 21.0. The number of hydrogen-bond acceptors (Lipinski definition) is 2. The molecule has 0 fully saturated rings. The first-order valence-corrected chi connectivity index (χ1v) is 8.59. The molecule has 0 bridgehead atoms. The molecule has 0 N–H and O–H groups in total. The number of allylic oxidation sites excluding steroid dienone is 1. The summed E-state index contributed by atoms with van der Waals surface area (Å²) in [7, 11) is 0. The van der Waals surface area contributed by atoms with Crippen LogP contribution < -0.4 is 0 Å². The normalized spacial score (nSPS) is 11.1. The lowest BCUT2D eigenvalue weighted by molar-refractivity contribution is -0.135. The van der Waals surface area contributed by atoms with E-state index in [0.717, 1.165) is 6.42 Å². The third-order valence-electron chi connectivity index (χ3n) is 3.55. The van der Waals surface area contributed by atoms with Gasteiger partial charge in [-0.3, -0.25) is 4.79 Å². The van der Waals surface area contributed by atoms with Crippen LogP contribution in [0.25, 0.3) is 0 Å². The van der Waals surface area contributed by atoms with Crippen molar-refractivity contribution in [2.45, 2.75) is 97.3 Å². The van der Waals surface area contributed by atoms with Gasteiger partial charge in [-0.1, -0.05) is 77.6 Å². The third kappa shape index (κ3) is 17.2. The van der Waals surface area contributed by atoms with Crippen LogP contribution in [0.4, 0.5) is 0 Å². The molecule has 0 unspecified atom stereocenters. The second-order valence-corrected chi connectivity index (χ2v) is 5.66. The van der Waals surface area contributed by atoms with E-state index in [1.54, 1.807) is 0 Å². The summed E-state index contributed by atoms with van der Waals surface area (Å²) in [6, 6.07) is 0. The average Bonchev–Trinajstić information content (AvgIpc) is 2.43. The smallest absolute Gasteiger partial charge is 0.307 e.